The van der Waals surface area contributed by atoms with Gasteiger partial charge in [-0.15, -0.1) is 0 Å². The number of halogens is 1. The van der Waals surface area contributed by atoms with Crippen molar-refractivity contribution in [2.75, 3.05) is 12.4 Å². The molecule has 0 radical (unpaired) electrons. The summed E-state index contributed by atoms with van der Waals surface area (Å²) in [4.78, 5) is 4.06. The van der Waals surface area contributed by atoms with Crippen molar-refractivity contribution in [1.29, 1.82) is 0 Å². The molecule has 0 spiro atoms. The fourth-order valence-corrected chi connectivity index (χ4v) is 1.78. The van der Waals surface area contributed by atoms with Crippen molar-refractivity contribution in [3.63, 3.8) is 0 Å². The summed E-state index contributed by atoms with van der Waals surface area (Å²) in [6.45, 7) is 2.39. The largest absolute Gasteiger partial charge is 0.507 e. The Morgan fingerprint density at radius 3 is 2.79 bits per heavy atom. The van der Waals surface area contributed by atoms with Gasteiger partial charge in [0.2, 0.25) is 0 Å². The van der Waals surface area contributed by atoms with Gasteiger partial charge >= 0.3 is 0 Å². The van der Waals surface area contributed by atoms with Crippen LogP contribution in [0.4, 0.5) is 5.69 Å². The van der Waals surface area contributed by atoms with Crippen LogP contribution < -0.4 is 10.1 Å². The predicted molar refractivity (Wildman–Crippen MR) is 76.0 cm³/mol. The van der Waals surface area contributed by atoms with Crippen molar-refractivity contribution in [1.82, 2.24) is 4.98 Å². The van der Waals surface area contributed by atoms with Crippen molar-refractivity contribution in [2.45, 2.75) is 13.5 Å². The standard InChI is InChI=1S/C14H15ClN2O2/c1-9-5-11(8-17-14(9)15)16-7-10-3-4-12(19-2)6-13(10)18/h3-6,8,16,18H,7H2,1-2H3. The number of nitrogens with one attached hydrogen (secondary N) is 1. The average molecular weight is 279 g/mol. The molecule has 2 aromatic rings. The predicted octanol–water partition coefficient (Wildman–Crippen LogP) is 3.37. The van der Waals surface area contributed by atoms with Gasteiger partial charge in [0.1, 0.15) is 16.7 Å². The van der Waals surface area contributed by atoms with E-state index < -0.39 is 0 Å². The minimum atomic E-state index is 0.200. The number of anilines is 1. The van der Waals surface area contributed by atoms with Crippen LogP contribution in [0.15, 0.2) is 30.5 Å². The number of hydrogen-bond acceptors (Lipinski definition) is 4. The Bertz CT molecular complexity index is 588. The van der Waals surface area contributed by atoms with Gasteiger partial charge in [-0.1, -0.05) is 11.6 Å². The molecule has 0 aliphatic heterocycles. The normalized spacial score (nSPS) is 10.3. The number of hydrogen-bond donors (Lipinski definition) is 2. The van der Waals surface area contributed by atoms with Crippen molar-refractivity contribution in [3.05, 3.63) is 46.7 Å². The quantitative estimate of drug-likeness (QED) is 0.842. The lowest BCUT2D eigenvalue weighted by Crippen LogP contribution is -2.01. The van der Waals surface area contributed by atoms with Crippen LogP contribution in [0.1, 0.15) is 11.1 Å². The number of phenols is 1. The lowest BCUT2D eigenvalue weighted by Gasteiger charge is -2.10. The van der Waals surface area contributed by atoms with Gasteiger partial charge in [0.05, 0.1) is 19.0 Å². The molecule has 5 heteroatoms. The van der Waals surface area contributed by atoms with Gasteiger partial charge in [0.15, 0.2) is 0 Å². The first-order chi connectivity index (χ1) is 9.10. The Morgan fingerprint density at radius 2 is 2.16 bits per heavy atom. The Morgan fingerprint density at radius 1 is 1.37 bits per heavy atom. The van der Waals surface area contributed by atoms with Crippen molar-refractivity contribution < 1.29 is 9.84 Å². The van der Waals surface area contributed by atoms with Gasteiger partial charge in [-0.3, -0.25) is 0 Å². The second-order valence-electron chi connectivity index (χ2n) is 4.18. The Hall–Kier alpha value is -1.94. The first-order valence-electron chi connectivity index (χ1n) is 5.82. The first kappa shape index (κ1) is 13.5. The fourth-order valence-electron chi connectivity index (χ4n) is 1.67. The summed E-state index contributed by atoms with van der Waals surface area (Å²) in [5.74, 6) is 0.829. The van der Waals surface area contributed by atoms with Crippen LogP contribution in [0.2, 0.25) is 5.15 Å². The van der Waals surface area contributed by atoms with Gasteiger partial charge in [-0.2, -0.15) is 0 Å². The van der Waals surface area contributed by atoms with Crippen LogP contribution in [0.25, 0.3) is 0 Å². The van der Waals surface area contributed by atoms with E-state index in [1.54, 1.807) is 19.4 Å². The number of phenolic OH excluding ortho intramolecular Hbond substituents is 1. The maximum atomic E-state index is 9.84. The molecular weight excluding hydrogens is 264 g/mol. The van der Waals surface area contributed by atoms with Crippen LogP contribution in [-0.2, 0) is 6.54 Å². The highest BCUT2D eigenvalue weighted by atomic mass is 35.5. The third-order valence-electron chi connectivity index (χ3n) is 2.79. The van der Waals surface area contributed by atoms with Crippen molar-refractivity contribution in [2.24, 2.45) is 0 Å². The molecule has 1 heterocycles. The molecule has 2 N–H and O–H groups in total. The highest BCUT2D eigenvalue weighted by Gasteiger charge is 2.04. The molecule has 0 saturated carbocycles. The highest BCUT2D eigenvalue weighted by Crippen LogP contribution is 2.24. The van der Waals surface area contributed by atoms with Crippen LogP contribution in [0.3, 0.4) is 0 Å². The van der Waals surface area contributed by atoms with Gasteiger partial charge in [-0.25, -0.2) is 4.98 Å². The van der Waals surface area contributed by atoms with E-state index in [1.165, 1.54) is 0 Å². The number of nitrogens with zero attached hydrogens (tertiary/aromatic N) is 1. The molecule has 0 amide bonds. The van der Waals surface area contributed by atoms with E-state index in [0.717, 1.165) is 16.8 Å². The fraction of sp³-hybridized carbons (Fsp3) is 0.214. The zero-order valence-electron chi connectivity index (χ0n) is 10.8. The molecule has 0 saturated heterocycles. The molecule has 0 fully saturated rings. The van der Waals surface area contributed by atoms with E-state index in [9.17, 15) is 5.11 Å². The molecule has 19 heavy (non-hydrogen) atoms. The van der Waals surface area contributed by atoms with E-state index >= 15 is 0 Å². The molecular formula is C14H15ClN2O2. The van der Waals surface area contributed by atoms with Crippen LogP contribution in [-0.4, -0.2) is 17.2 Å². The monoisotopic (exact) mass is 278 g/mol. The summed E-state index contributed by atoms with van der Waals surface area (Å²) in [6, 6.07) is 7.12. The molecule has 1 aromatic heterocycles. The maximum Gasteiger partial charge on any atom is 0.132 e. The third kappa shape index (κ3) is 3.29. The second-order valence-corrected chi connectivity index (χ2v) is 4.54. The van der Waals surface area contributed by atoms with E-state index in [1.807, 2.05) is 25.1 Å². The van der Waals surface area contributed by atoms with E-state index in [2.05, 4.69) is 10.3 Å². The van der Waals surface area contributed by atoms with E-state index in [-0.39, 0.29) is 5.75 Å². The smallest absolute Gasteiger partial charge is 0.132 e. The molecule has 0 aliphatic rings. The lowest BCUT2D eigenvalue weighted by atomic mass is 10.2. The number of pyridine rings is 1. The van der Waals surface area contributed by atoms with Gasteiger partial charge in [-0.05, 0) is 30.7 Å². The Labute approximate surface area is 117 Å². The number of aryl methyl sites for hydroxylation is 1. The summed E-state index contributed by atoms with van der Waals surface area (Å²) in [6.07, 6.45) is 1.66. The topological polar surface area (TPSA) is 54.4 Å². The van der Waals surface area contributed by atoms with E-state index in [4.69, 9.17) is 16.3 Å². The minimum Gasteiger partial charge on any atom is -0.507 e. The Kier molecular flexibility index (Phi) is 4.12. The number of aromatic hydroxyl groups is 1. The average Bonchev–Trinajstić information content (AvgIpc) is 2.41. The summed E-state index contributed by atoms with van der Waals surface area (Å²) < 4.78 is 5.04. The summed E-state index contributed by atoms with van der Waals surface area (Å²) in [5, 5.41) is 13.5. The molecule has 0 aliphatic carbocycles. The Balaban J connectivity index is 2.07. The second kappa shape index (κ2) is 5.80. The number of methoxy groups -OCH3 is 1. The molecule has 0 unspecified atom stereocenters. The zero-order chi connectivity index (χ0) is 13.8. The summed E-state index contributed by atoms with van der Waals surface area (Å²) in [5.41, 5.74) is 2.55. The SMILES string of the molecule is COc1ccc(CNc2cnc(Cl)c(C)c2)c(O)c1. The zero-order valence-corrected chi connectivity index (χ0v) is 11.5. The van der Waals surface area contributed by atoms with Crippen LogP contribution in [0.5, 0.6) is 11.5 Å². The van der Waals surface area contributed by atoms with Crippen LogP contribution >= 0.6 is 11.6 Å². The number of benzene rings is 1. The summed E-state index contributed by atoms with van der Waals surface area (Å²) in [7, 11) is 1.56. The van der Waals surface area contributed by atoms with Crippen molar-refractivity contribution in [3.8, 4) is 11.5 Å². The maximum absolute atomic E-state index is 9.84. The molecule has 0 atom stereocenters. The molecule has 0 bridgehead atoms. The van der Waals surface area contributed by atoms with Gasteiger partial charge in [0, 0.05) is 18.2 Å². The van der Waals surface area contributed by atoms with Crippen molar-refractivity contribution >= 4 is 17.3 Å². The minimum absolute atomic E-state index is 0.200. The lowest BCUT2D eigenvalue weighted by molar-refractivity contribution is 0.406. The molecule has 4 nitrogen and oxygen atoms in total. The third-order valence-corrected chi connectivity index (χ3v) is 3.19. The first-order valence-corrected chi connectivity index (χ1v) is 6.20. The van der Waals surface area contributed by atoms with Gasteiger partial charge in [0.25, 0.3) is 0 Å². The highest BCUT2D eigenvalue weighted by molar-refractivity contribution is 6.30. The molecule has 2 rings (SSSR count). The molecule has 100 valence electrons. The number of ether oxygens (including phenoxy) is 1. The summed E-state index contributed by atoms with van der Waals surface area (Å²) >= 11 is 5.86. The molecule has 1 aromatic carbocycles. The van der Waals surface area contributed by atoms with Crippen LogP contribution in [0, 0.1) is 6.92 Å². The van der Waals surface area contributed by atoms with Gasteiger partial charge < -0.3 is 15.2 Å². The number of aromatic nitrogens is 1. The van der Waals surface area contributed by atoms with E-state index in [0.29, 0.717) is 17.4 Å². The number of rotatable bonds is 4.